The first-order chi connectivity index (χ1) is 21.1. The molecule has 0 spiro atoms. The number of unbranched alkanes of at least 4 members (excludes halogenated alkanes) is 13. The molecule has 0 fully saturated rings. The molecule has 232 valence electrons. The first-order valence-corrected chi connectivity index (χ1v) is 16.3. The van der Waals surface area contributed by atoms with Gasteiger partial charge in [-0.3, -0.25) is 0 Å². The smallest absolute Gasteiger partial charge is 0.343 e. The minimum atomic E-state index is -0.493. The van der Waals surface area contributed by atoms with Crippen LogP contribution in [0.4, 0.5) is 11.4 Å². The number of ether oxygens (including phenoxy) is 3. The van der Waals surface area contributed by atoms with Crippen LogP contribution < -0.4 is 14.2 Å². The van der Waals surface area contributed by atoms with Crippen LogP contribution in [0.3, 0.4) is 0 Å². The van der Waals surface area contributed by atoms with Gasteiger partial charge in [0.1, 0.15) is 17.2 Å². The summed E-state index contributed by atoms with van der Waals surface area (Å²) < 4.78 is 16.5. The Bertz CT molecular complexity index is 1230. The van der Waals surface area contributed by atoms with Gasteiger partial charge >= 0.3 is 5.97 Å². The molecule has 0 heterocycles. The summed E-state index contributed by atoms with van der Waals surface area (Å²) in [4.78, 5) is 12.7. The summed E-state index contributed by atoms with van der Waals surface area (Å²) in [7, 11) is 1.61. The van der Waals surface area contributed by atoms with E-state index in [1.165, 1.54) is 83.5 Å². The SMILES string of the molecule is CCCCCCCCCCCCCCCCOc1ccc(C(=O)Oc2ccc(N=Nc3ccc(OC)cc3)cc2Cl)cc1. The zero-order chi connectivity index (χ0) is 30.5. The van der Waals surface area contributed by atoms with Crippen LogP contribution in [-0.2, 0) is 0 Å². The van der Waals surface area contributed by atoms with E-state index in [-0.39, 0.29) is 10.8 Å². The highest BCUT2D eigenvalue weighted by Gasteiger charge is 2.12. The van der Waals surface area contributed by atoms with Crippen LogP contribution in [0.5, 0.6) is 17.2 Å². The number of carbonyl (C=O) groups is 1. The van der Waals surface area contributed by atoms with E-state index in [0.29, 0.717) is 23.5 Å². The van der Waals surface area contributed by atoms with Crippen molar-refractivity contribution in [2.24, 2.45) is 10.2 Å². The highest BCUT2D eigenvalue weighted by Crippen LogP contribution is 2.31. The van der Waals surface area contributed by atoms with Crippen LogP contribution in [0.15, 0.2) is 77.0 Å². The molecule has 0 amide bonds. The van der Waals surface area contributed by atoms with Gasteiger partial charge in [-0.1, -0.05) is 102 Å². The molecule has 0 N–H and O–H groups in total. The fourth-order valence-corrected chi connectivity index (χ4v) is 4.95. The summed E-state index contributed by atoms with van der Waals surface area (Å²) in [5.41, 5.74) is 1.64. The molecule has 0 bridgehead atoms. The van der Waals surface area contributed by atoms with Gasteiger partial charge in [-0.2, -0.15) is 10.2 Å². The molecule has 0 aliphatic rings. The Kier molecular flexibility index (Phi) is 16.3. The molecule has 3 aromatic rings. The predicted molar refractivity (Wildman–Crippen MR) is 176 cm³/mol. The fraction of sp³-hybridized carbons (Fsp3) is 0.472. The third-order valence-electron chi connectivity index (χ3n) is 7.33. The normalized spacial score (nSPS) is 11.1. The van der Waals surface area contributed by atoms with E-state index in [2.05, 4.69) is 17.2 Å². The molecule has 0 unspecified atom stereocenters. The van der Waals surface area contributed by atoms with E-state index >= 15 is 0 Å². The Balaban J connectivity index is 1.28. The number of hydrogen-bond donors (Lipinski definition) is 0. The second-order valence-electron chi connectivity index (χ2n) is 10.9. The van der Waals surface area contributed by atoms with Crippen molar-refractivity contribution in [2.45, 2.75) is 96.8 Å². The minimum Gasteiger partial charge on any atom is -0.497 e. The molecule has 0 saturated carbocycles. The summed E-state index contributed by atoms with van der Waals surface area (Å²) in [5, 5.41) is 8.66. The lowest BCUT2D eigenvalue weighted by atomic mass is 10.0. The van der Waals surface area contributed by atoms with E-state index in [1.54, 1.807) is 61.7 Å². The summed E-state index contributed by atoms with van der Waals surface area (Å²) in [6.45, 7) is 2.95. The number of methoxy groups -OCH3 is 1. The van der Waals surface area contributed by atoms with Gasteiger partial charge in [-0.05, 0) is 73.2 Å². The fourth-order valence-electron chi connectivity index (χ4n) is 4.73. The van der Waals surface area contributed by atoms with Crippen LogP contribution in [0.2, 0.25) is 5.02 Å². The van der Waals surface area contributed by atoms with Gasteiger partial charge in [-0.15, -0.1) is 0 Å². The largest absolute Gasteiger partial charge is 0.497 e. The lowest BCUT2D eigenvalue weighted by molar-refractivity contribution is 0.0735. The first kappa shape index (κ1) is 34.1. The maximum absolute atomic E-state index is 12.7. The number of carbonyl (C=O) groups excluding carboxylic acids is 1. The van der Waals surface area contributed by atoms with Crippen molar-refractivity contribution in [3.8, 4) is 17.2 Å². The lowest BCUT2D eigenvalue weighted by Gasteiger charge is -2.09. The van der Waals surface area contributed by atoms with E-state index in [4.69, 9.17) is 25.8 Å². The van der Waals surface area contributed by atoms with Gasteiger partial charge in [0.2, 0.25) is 0 Å². The number of esters is 1. The standard InChI is InChI=1S/C36H47ClN2O4/c1-3-4-5-6-7-8-9-10-11-12-13-14-15-16-27-42-33-22-17-29(18-23-33)36(40)43-35-26-21-31(28-34(35)37)39-38-30-19-24-32(41-2)25-20-30/h17-26,28H,3-16,27H2,1-2H3. The van der Waals surface area contributed by atoms with Crippen molar-refractivity contribution in [2.75, 3.05) is 13.7 Å². The van der Waals surface area contributed by atoms with Crippen LogP contribution in [0.1, 0.15) is 107 Å². The first-order valence-electron chi connectivity index (χ1n) is 15.9. The highest BCUT2D eigenvalue weighted by atomic mass is 35.5. The molecule has 0 saturated heterocycles. The Morgan fingerprint density at radius 1 is 0.651 bits per heavy atom. The molecular weight excluding hydrogens is 560 g/mol. The predicted octanol–water partition coefficient (Wildman–Crippen LogP) is 11.8. The number of benzene rings is 3. The van der Waals surface area contributed by atoms with Gasteiger partial charge < -0.3 is 14.2 Å². The average Bonchev–Trinajstić information content (AvgIpc) is 3.03. The van der Waals surface area contributed by atoms with E-state index in [1.807, 2.05) is 12.1 Å². The van der Waals surface area contributed by atoms with Gasteiger partial charge in [0.25, 0.3) is 0 Å². The summed E-state index contributed by atoms with van der Waals surface area (Å²) in [6, 6.07) is 19.1. The van der Waals surface area contributed by atoms with Gasteiger partial charge in [0, 0.05) is 0 Å². The third kappa shape index (κ3) is 13.6. The van der Waals surface area contributed by atoms with Crippen LogP contribution >= 0.6 is 11.6 Å². The molecule has 3 rings (SSSR count). The molecule has 0 atom stereocenters. The van der Waals surface area contributed by atoms with Crippen LogP contribution in [0, 0.1) is 0 Å². The van der Waals surface area contributed by atoms with Crippen molar-refractivity contribution in [3.63, 3.8) is 0 Å². The van der Waals surface area contributed by atoms with E-state index < -0.39 is 5.97 Å². The minimum absolute atomic E-state index is 0.258. The summed E-state index contributed by atoms with van der Waals surface area (Å²) in [5.74, 6) is 1.26. The number of nitrogens with zero attached hydrogens (tertiary/aromatic N) is 2. The Morgan fingerprint density at radius 3 is 1.72 bits per heavy atom. The number of azo groups is 1. The average molecular weight is 607 g/mol. The molecule has 6 nitrogen and oxygen atoms in total. The second-order valence-corrected chi connectivity index (χ2v) is 11.3. The highest BCUT2D eigenvalue weighted by molar-refractivity contribution is 6.32. The maximum atomic E-state index is 12.7. The molecule has 3 aromatic carbocycles. The zero-order valence-electron chi connectivity index (χ0n) is 25.9. The summed E-state index contributed by atoms with van der Waals surface area (Å²) in [6.07, 6.45) is 18.7. The van der Waals surface area contributed by atoms with Crippen molar-refractivity contribution in [3.05, 3.63) is 77.3 Å². The van der Waals surface area contributed by atoms with Crippen molar-refractivity contribution in [1.29, 1.82) is 0 Å². The van der Waals surface area contributed by atoms with Crippen LogP contribution in [0.25, 0.3) is 0 Å². The van der Waals surface area contributed by atoms with E-state index in [9.17, 15) is 4.79 Å². The Morgan fingerprint density at radius 2 is 1.16 bits per heavy atom. The monoisotopic (exact) mass is 606 g/mol. The quantitative estimate of drug-likeness (QED) is 0.0523. The van der Waals surface area contributed by atoms with Gasteiger partial charge in [-0.25, -0.2) is 4.79 Å². The number of rotatable bonds is 21. The molecule has 0 radical (unpaired) electrons. The van der Waals surface area contributed by atoms with Gasteiger partial charge in [0.05, 0.1) is 35.7 Å². The molecule has 7 heteroatoms. The third-order valence-corrected chi connectivity index (χ3v) is 7.62. The second kappa shape index (κ2) is 20.5. The number of halogens is 1. The van der Waals surface area contributed by atoms with E-state index in [0.717, 1.165) is 17.9 Å². The Labute approximate surface area is 262 Å². The molecule has 0 aliphatic heterocycles. The zero-order valence-corrected chi connectivity index (χ0v) is 26.6. The molecule has 0 aromatic heterocycles. The van der Waals surface area contributed by atoms with Gasteiger partial charge in [0.15, 0.2) is 0 Å². The number of hydrogen-bond acceptors (Lipinski definition) is 6. The topological polar surface area (TPSA) is 69.5 Å². The Hall–Kier alpha value is -3.38. The van der Waals surface area contributed by atoms with Crippen molar-refractivity contribution in [1.82, 2.24) is 0 Å². The lowest BCUT2D eigenvalue weighted by Crippen LogP contribution is -2.08. The van der Waals surface area contributed by atoms with Crippen LogP contribution in [-0.4, -0.2) is 19.7 Å². The summed E-state index contributed by atoms with van der Waals surface area (Å²) >= 11 is 6.35. The maximum Gasteiger partial charge on any atom is 0.343 e. The molecule has 0 aliphatic carbocycles. The molecular formula is C36H47ClN2O4. The van der Waals surface area contributed by atoms with Crippen molar-refractivity contribution >= 4 is 28.9 Å². The molecule has 43 heavy (non-hydrogen) atoms. The van der Waals surface area contributed by atoms with Crippen molar-refractivity contribution < 1.29 is 19.0 Å².